The molecule has 0 aliphatic heterocycles. The number of phenolic OH excluding ortho intramolecular Hbond substituents is 1. The van der Waals surface area contributed by atoms with Gasteiger partial charge in [-0.05, 0) is 36.1 Å². The van der Waals surface area contributed by atoms with Gasteiger partial charge < -0.3 is 5.11 Å². The quantitative estimate of drug-likeness (QED) is 0.833. The fourth-order valence-corrected chi connectivity index (χ4v) is 3.59. The average molecular weight is 305 g/mol. The molecular weight excluding hydrogens is 286 g/mol. The van der Waals surface area contributed by atoms with Crippen LogP contribution in [0.15, 0.2) is 48.5 Å². The lowest BCUT2D eigenvalue weighted by molar-refractivity contribution is 0.477. The van der Waals surface area contributed by atoms with Gasteiger partial charge in [0, 0.05) is 0 Å². The SMILES string of the molecule is Cc1ccc(NS(=O)(=O)CC(C)c2ccccc2)c(O)c1. The van der Waals surface area contributed by atoms with Crippen molar-refractivity contribution in [1.29, 1.82) is 0 Å². The maximum atomic E-state index is 12.2. The summed E-state index contributed by atoms with van der Waals surface area (Å²) in [5, 5.41) is 9.78. The van der Waals surface area contributed by atoms with E-state index in [1.165, 1.54) is 6.07 Å². The third-order valence-corrected chi connectivity index (χ3v) is 4.73. The minimum Gasteiger partial charge on any atom is -0.506 e. The molecule has 0 aliphatic carbocycles. The van der Waals surface area contributed by atoms with Gasteiger partial charge in [0.2, 0.25) is 10.0 Å². The van der Waals surface area contributed by atoms with Crippen molar-refractivity contribution in [3.63, 3.8) is 0 Å². The van der Waals surface area contributed by atoms with Crippen LogP contribution in [-0.2, 0) is 10.0 Å². The maximum absolute atomic E-state index is 12.2. The van der Waals surface area contributed by atoms with Gasteiger partial charge in [-0.2, -0.15) is 0 Å². The van der Waals surface area contributed by atoms with Crippen molar-refractivity contribution in [3.05, 3.63) is 59.7 Å². The van der Waals surface area contributed by atoms with Crippen LogP contribution in [0.3, 0.4) is 0 Å². The highest BCUT2D eigenvalue weighted by atomic mass is 32.2. The second-order valence-electron chi connectivity index (χ2n) is 5.22. The molecule has 0 heterocycles. The van der Waals surface area contributed by atoms with Crippen LogP contribution < -0.4 is 4.72 Å². The summed E-state index contributed by atoms with van der Waals surface area (Å²) < 4.78 is 26.8. The molecule has 4 nitrogen and oxygen atoms in total. The Morgan fingerprint density at radius 1 is 1.14 bits per heavy atom. The lowest BCUT2D eigenvalue weighted by atomic mass is 10.0. The van der Waals surface area contributed by atoms with Crippen LogP contribution in [0.1, 0.15) is 24.0 Å². The summed E-state index contributed by atoms with van der Waals surface area (Å²) in [6.45, 7) is 3.69. The predicted molar refractivity (Wildman–Crippen MR) is 85.1 cm³/mol. The summed E-state index contributed by atoms with van der Waals surface area (Å²) in [7, 11) is -3.53. The molecule has 0 spiro atoms. The summed E-state index contributed by atoms with van der Waals surface area (Å²) in [5.74, 6) is -0.230. The summed E-state index contributed by atoms with van der Waals surface area (Å²) in [6.07, 6.45) is 0. The predicted octanol–water partition coefficient (Wildman–Crippen LogP) is 3.25. The van der Waals surface area contributed by atoms with E-state index < -0.39 is 10.0 Å². The topological polar surface area (TPSA) is 66.4 Å². The van der Waals surface area contributed by atoms with E-state index in [0.29, 0.717) is 0 Å². The molecule has 0 bridgehead atoms. The second-order valence-corrected chi connectivity index (χ2v) is 6.98. The highest BCUT2D eigenvalue weighted by Gasteiger charge is 2.18. The van der Waals surface area contributed by atoms with E-state index in [-0.39, 0.29) is 23.1 Å². The van der Waals surface area contributed by atoms with Crippen LogP contribution in [0.5, 0.6) is 5.75 Å². The molecule has 112 valence electrons. The molecule has 2 N–H and O–H groups in total. The number of hydrogen-bond donors (Lipinski definition) is 2. The molecule has 0 radical (unpaired) electrons. The van der Waals surface area contributed by atoms with Crippen LogP contribution in [0.25, 0.3) is 0 Å². The minimum absolute atomic E-state index is 0.0374. The highest BCUT2D eigenvalue weighted by molar-refractivity contribution is 7.92. The van der Waals surface area contributed by atoms with Gasteiger partial charge in [0.15, 0.2) is 0 Å². The van der Waals surface area contributed by atoms with E-state index >= 15 is 0 Å². The van der Waals surface area contributed by atoms with Crippen LogP contribution in [0, 0.1) is 6.92 Å². The lowest BCUT2D eigenvalue weighted by Crippen LogP contribution is -2.20. The van der Waals surface area contributed by atoms with Crippen molar-refractivity contribution >= 4 is 15.7 Å². The Labute approximate surface area is 125 Å². The van der Waals surface area contributed by atoms with E-state index in [2.05, 4.69) is 4.72 Å². The first-order valence-electron chi connectivity index (χ1n) is 6.72. The zero-order valence-electron chi connectivity index (χ0n) is 12.1. The van der Waals surface area contributed by atoms with Gasteiger partial charge in [-0.25, -0.2) is 8.42 Å². The molecule has 0 saturated carbocycles. The Hall–Kier alpha value is -2.01. The number of hydrogen-bond acceptors (Lipinski definition) is 3. The average Bonchev–Trinajstić information content (AvgIpc) is 2.42. The molecule has 2 rings (SSSR count). The van der Waals surface area contributed by atoms with Crippen LogP contribution >= 0.6 is 0 Å². The molecule has 21 heavy (non-hydrogen) atoms. The molecule has 0 fully saturated rings. The van der Waals surface area contributed by atoms with E-state index in [9.17, 15) is 13.5 Å². The first kappa shape index (κ1) is 15.4. The summed E-state index contributed by atoms with van der Waals surface area (Å²) in [5.41, 5.74) is 2.05. The lowest BCUT2D eigenvalue weighted by Gasteiger charge is -2.14. The molecule has 0 aliphatic rings. The third-order valence-electron chi connectivity index (χ3n) is 3.26. The summed E-state index contributed by atoms with van der Waals surface area (Å²) >= 11 is 0. The van der Waals surface area contributed by atoms with Crippen molar-refractivity contribution in [2.45, 2.75) is 19.8 Å². The smallest absolute Gasteiger partial charge is 0.233 e. The first-order valence-corrected chi connectivity index (χ1v) is 8.37. The monoisotopic (exact) mass is 305 g/mol. The fraction of sp³-hybridized carbons (Fsp3) is 0.250. The van der Waals surface area contributed by atoms with Gasteiger partial charge in [-0.1, -0.05) is 43.3 Å². The zero-order chi connectivity index (χ0) is 15.5. The molecule has 1 atom stereocenters. The number of nitrogens with one attached hydrogen (secondary N) is 1. The van der Waals surface area contributed by atoms with Crippen molar-refractivity contribution in [3.8, 4) is 5.75 Å². The van der Waals surface area contributed by atoms with Crippen molar-refractivity contribution in [1.82, 2.24) is 0 Å². The number of phenols is 1. The number of aromatic hydroxyl groups is 1. The molecule has 0 amide bonds. The molecule has 0 aromatic heterocycles. The van der Waals surface area contributed by atoms with Crippen molar-refractivity contribution < 1.29 is 13.5 Å². The Morgan fingerprint density at radius 3 is 2.43 bits per heavy atom. The number of sulfonamides is 1. The number of rotatable bonds is 5. The molecule has 1 unspecified atom stereocenters. The zero-order valence-corrected chi connectivity index (χ0v) is 12.9. The van der Waals surface area contributed by atoms with Gasteiger partial charge in [0.25, 0.3) is 0 Å². The largest absolute Gasteiger partial charge is 0.506 e. The summed E-state index contributed by atoms with van der Waals surface area (Å²) in [6, 6.07) is 14.3. The maximum Gasteiger partial charge on any atom is 0.233 e. The van der Waals surface area contributed by atoms with Gasteiger partial charge in [-0.15, -0.1) is 0 Å². The van der Waals surface area contributed by atoms with Crippen LogP contribution in [0.4, 0.5) is 5.69 Å². The second kappa shape index (κ2) is 6.18. The van der Waals surface area contributed by atoms with Gasteiger partial charge in [-0.3, -0.25) is 4.72 Å². The number of anilines is 1. The van der Waals surface area contributed by atoms with Gasteiger partial charge in [0.1, 0.15) is 5.75 Å². The van der Waals surface area contributed by atoms with E-state index in [1.807, 2.05) is 44.2 Å². The van der Waals surface area contributed by atoms with Gasteiger partial charge >= 0.3 is 0 Å². The summed E-state index contributed by atoms with van der Waals surface area (Å²) in [4.78, 5) is 0. The first-order chi connectivity index (χ1) is 9.87. The standard InChI is InChI=1S/C16H19NO3S/c1-12-8-9-15(16(18)10-12)17-21(19,20)11-13(2)14-6-4-3-5-7-14/h3-10,13,17-18H,11H2,1-2H3. The molecule has 5 heteroatoms. The Kier molecular flexibility index (Phi) is 4.53. The van der Waals surface area contributed by atoms with E-state index in [4.69, 9.17) is 0 Å². The molecular formula is C16H19NO3S. The molecule has 0 saturated heterocycles. The van der Waals surface area contributed by atoms with Crippen LogP contribution in [0.2, 0.25) is 0 Å². The third kappa shape index (κ3) is 4.23. The molecule has 2 aromatic carbocycles. The van der Waals surface area contributed by atoms with E-state index in [1.54, 1.807) is 12.1 Å². The Morgan fingerprint density at radius 2 is 1.81 bits per heavy atom. The minimum atomic E-state index is -3.53. The number of benzene rings is 2. The van der Waals surface area contributed by atoms with Crippen molar-refractivity contribution in [2.24, 2.45) is 0 Å². The van der Waals surface area contributed by atoms with Crippen molar-refractivity contribution in [2.75, 3.05) is 10.5 Å². The Bertz CT molecular complexity index is 712. The van der Waals surface area contributed by atoms with Gasteiger partial charge in [0.05, 0.1) is 11.4 Å². The number of aryl methyl sites for hydroxylation is 1. The van der Waals surface area contributed by atoms with E-state index in [0.717, 1.165) is 11.1 Å². The molecule has 2 aromatic rings. The fourth-order valence-electron chi connectivity index (χ4n) is 2.14. The highest BCUT2D eigenvalue weighted by Crippen LogP contribution is 2.26. The van der Waals surface area contributed by atoms with Crippen LogP contribution in [-0.4, -0.2) is 19.3 Å². The Balaban J connectivity index is 2.12. The normalized spacial score (nSPS) is 12.9.